The van der Waals surface area contributed by atoms with Crippen molar-refractivity contribution >= 4 is 5.97 Å². The van der Waals surface area contributed by atoms with Gasteiger partial charge in [-0.25, -0.2) is 0 Å². The fourth-order valence-electron chi connectivity index (χ4n) is 0.714. The third-order valence-electron chi connectivity index (χ3n) is 1.86. The van der Waals surface area contributed by atoms with Crippen LogP contribution in [0.1, 0.15) is 40.0 Å². The lowest BCUT2D eigenvalue weighted by molar-refractivity contribution is -0.148. The van der Waals surface area contributed by atoms with Crippen LogP contribution in [0.2, 0.25) is 0 Å². The summed E-state index contributed by atoms with van der Waals surface area (Å²) in [7, 11) is 0. The third kappa shape index (κ3) is 5.13. The van der Waals surface area contributed by atoms with E-state index in [-0.39, 0.29) is 18.1 Å². The highest BCUT2D eigenvalue weighted by Gasteiger charge is 2.10. The summed E-state index contributed by atoms with van der Waals surface area (Å²) in [6.45, 7) is 5.83. The topological polar surface area (TPSA) is 52.3 Å². The minimum absolute atomic E-state index is 0.0153. The smallest absolute Gasteiger partial charge is 0.307 e. The molecule has 0 fully saturated rings. The van der Waals surface area contributed by atoms with Crippen molar-refractivity contribution < 1.29 is 9.53 Å². The first-order chi connectivity index (χ1) is 5.60. The Morgan fingerprint density at radius 1 is 1.42 bits per heavy atom. The van der Waals surface area contributed by atoms with Crippen LogP contribution >= 0.6 is 0 Å². The fraction of sp³-hybridized carbons (Fsp3) is 0.889. The van der Waals surface area contributed by atoms with Crippen LogP contribution in [0.25, 0.3) is 0 Å². The van der Waals surface area contributed by atoms with Gasteiger partial charge in [0, 0.05) is 6.04 Å². The summed E-state index contributed by atoms with van der Waals surface area (Å²) >= 11 is 0. The zero-order valence-corrected chi connectivity index (χ0v) is 8.17. The predicted octanol–water partition coefficient (Wildman–Crippen LogP) is 1.46. The normalized spacial score (nSPS) is 15.3. The van der Waals surface area contributed by atoms with Crippen molar-refractivity contribution in [3.63, 3.8) is 0 Å². The van der Waals surface area contributed by atoms with Crippen LogP contribution in [0, 0.1) is 0 Å². The molecular weight excluding hydrogens is 154 g/mol. The fourth-order valence-corrected chi connectivity index (χ4v) is 0.714. The van der Waals surface area contributed by atoms with Gasteiger partial charge in [-0.1, -0.05) is 13.8 Å². The first-order valence-electron chi connectivity index (χ1n) is 4.55. The standard InChI is InChI=1S/C9H19NO2/c1-4-7(3)12-9(11)6-8(10)5-2/h7-8H,4-6,10H2,1-3H3. The summed E-state index contributed by atoms with van der Waals surface area (Å²) in [6.07, 6.45) is 2.02. The lowest BCUT2D eigenvalue weighted by Crippen LogP contribution is -2.25. The number of hydrogen-bond donors (Lipinski definition) is 1. The lowest BCUT2D eigenvalue weighted by atomic mass is 10.2. The zero-order valence-electron chi connectivity index (χ0n) is 8.17. The maximum atomic E-state index is 11.1. The average Bonchev–Trinajstić information content (AvgIpc) is 2.03. The number of carbonyl (C=O) groups excluding carboxylic acids is 1. The molecule has 0 amide bonds. The quantitative estimate of drug-likeness (QED) is 0.640. The Morgan fingerprint density at radius 3 is 2.42 bits per heavy atom. The number of esters is 1. The molecule has 0 aromatic rings. The molecule has 0 aliphatic heterocycles. The van der Waals surface area contributed by atoms with Gasteiger partial charge in [-0.15, -0.1) is 0 Å². The molecule has 3 nitrogen and oxygen atoms in total. The molecule has 0 bridgehead atoms. The van der Waals surface area contributed by atoms with Crippen LogP contribution < -0.4 is 5.73 Å². The van der Waals surface area contributed by atoms with E-state index in [2.05, 4.69) is 0 Å². The van der Waals surface area contributed by atoms with E-state index in [1.54, 1.807) is 0 Å². The van der Waals surface area contributed by atoms with E-state index in [4.69, 9.17) is 10.5 Å². The maximum absolute atomic E-state index is 11.1. The molecule has 72 valence electrons. The molecule has 0 aliphatic rings. The second kappa shape index (κ2) is 6.00. The number of hydrogen-bond acceptors (Lipinski definition) is 3. The summed E-state index contributed by atoms with van der Waals surface area (Å²) in [6, 6.07) is -0.0541. The van der Waals surface area contributed by atoms with E-state index in [0.717, 1.165) is 12.8 Å². The van der Waals surface area contributed by atoms with Gasteiger partial charge in [0.05, 0.1) is 12.5 Å². The molecule has 0 saturated carbocycles. The van der Waals surface area contributed by atoms with Crippen LogP contribution in [0.4, 0.5) is 0 Å². The molecule has 0 aromatic heterocycles. The number of ether oxygens (including phenoxy) is 1. The van der Waals surface area contributed by atoms with E-state index in [1.165, 1.54) is 0 Å². The second-order valence-corrected chi connectivity index (χ2v) is 3.08. The van der Waals surface area contributed by atoms with E-state index in [1.807, 2.05) is 20.8 Å². The first kappa shape index (κ1) is 11.4. The average molecular weight is 173 g/mol. The van der Waals surface area contributed by atoms with Gasteiger partial charge < -0.3 is 10.5 Å². The molecule has 3 heteroatoms. The Morgan fingerprint density at radius 2 is 2.00 bits per heavy atom. The number of rotatable bonds is 5. The Hall–Kier alpha value is -0.570. The van der Waals surface area contributed by atoms with Crippen LogP contribution in [0.3, 0.4) is 0 Å². The van der Waals surface area contributed by atoms with Crippen molar-refractivity contribution in [1.82, 2.24) is 0 Å². The maximum Gasteiger partial charge on any atom is 0.307 e. The Labute approximate surface area is 74.3 Å². The van der Waals surface area contributed by atoms with Crippen molar-refractivity contribution in [1.29, 1.82) is 0 Å². The Bertz CT molecular complexity index is 122. The highest BCUT2D eigenvalue weighted by molar-refractivity contribution is 5.70. The van der Waals surface area contributed by atoms with Gasteiger partial charge in [-0.05, 0) is 19.8 Å². The van der Waals surface area contributed by atoms with E-state index < -0.39 is 0 Å². The van der Waals surface area contributed by atoms with E-state index in [9.17, 15) is 4.79 Å². The van der Waals surface area contributed by atoms with E-state index in [0.29, 0.717) is 6.42 Å². The van der Waals surface area contributed by atoms with Crippen molar-refractivity contribution in [3.8, 4) is 0 Å². The molecule has 2 N–H and O–H groups in total. The van der Waals surface area contributed by atoms with Gasteiger partial charge in [-0.3, -0.25) is 4.79 Å². The summed E-state index contributed by atoms with van der Waals surface area (Å²) in [5, 5.41) is 0. The van der Waals surface area contributed by atoms with Crippen molar-refractivity contribution in [2.45, 2.75) is 52.2 Å². The molecule has 0 aliphatic carbocycles. The Kier molecular flexibility index (Phi) is 5.72. The van der Waals surface area contributed by atoms with Gasteiger partial charge in [-0.2, -0.15) is 0 Å². The summed E-state index contributed by atoms with van der Waals surface area (Å²) in [5.41, 5.74) is 5.59. The van der Waals surface area contributed by atoms with Crippen LogP contribution in [0.5, 0.6) is 0 Å². The summed E-state index contributed by atoms with van der Waals surface area (Å²) in [4.78, 5) is 11.1. The third-order valence-corrected chi connectivity index (χ3v) is 1.86. The molecular formula is C9H19NO2. The first-order valence-corrected chi connectivity index (χ1v) is 4.55. The van der Waals surface area contributed by atoms with Crippen LogP contribution in [0.15, 0.2) is 0 Å². The van der Waals surface area contributed by atoms with Crippen LogP contribution in [-0.4, -0.2) is 18.1 Å². The van der Waals surface area contributed by atoms with Gasteiger partial charge in [0.1, 0.15) is 0 Å². The molecule has 0 aromatic carbocycles. The van der Waals surface area contributed by atoms with Crippen molar-refractivity contribution in [3.05, 3.63) is 0 Å². The highest BCUT2D eigenvalue weighted by Crippen LogP contribution is 2.01. The lowest BCUT2D eigenvalue weighted by Gasteiger charge is -2.12. The minimum atomic E-state index is -0.182. The summed E-state index contributed by atoms with van der Waals surface area (Å²) < 4.78 is 5.05. The molecule has 0 spiro atoms. The summed E-state index contributed by atoms with van der Waals surface area (Å²) in [5.74, 6) is -0.182. The SMILES string of the molecule is CCC(N)CC(=O)OC(C)CC. The number of nitrogens with two attached hydrogens (primary N) is 1. The highest BCUT2D eigenvalue weighted by atomic mass is 16.5. The molecule has 2 unspecified atom stereocenters. The van der Waals surface area contributed by atoms with Gasteiger partial charge in [0.15, 0.2) is 0 Å². The number of carbonyl (C=O) groups is 1. The van der Waals surface area contributed by atoms with E-state index >= 15 is 0 Å². The molecule has 0 rings (SSSR count). The molecule has 0 saturated heterocycles. The molecule has 2 atom stereocenters. The zero-order chi connectivity index (χ0) is 9.56. The second-order valence-electron chi connectivity index (χ2n) is 3.08. The monoisotopic (exact) mass is 173 g/mol. The minimum Gasteiger partial charge on any atom is -0.463 e. The molecule has 12 heavy (non-hydrogen) atoms. The molecule has 0 heterocycles. The predicted molar refractivity (Wildman–Crippen MR) is 48.7 cm³/mol. The Balaban J connectivity index is 3.59. The largest absolute Gasteiger partial charge is 0.463 e. The van der Waals surface area contributed by atoms with Gasteiger partial charge in [0.2, 0.25) is 0 Å². The van der Waals surface area contributed by atoms with Gasteiger partial charge >= 0.3 is 5.97 Å². The van der Waals surface area contributed by atoms with Gasteiger partial charge in [0.25, 0.3) is 0 Å². The van der Waals surface area contributed by atoms with Crippen molar-refractivity contribution in [2.75, 3.05) is 0 Å². The van der Waals surface area contributed by atoms with Crippen molar-refractivity contribution in [2.24, 2.45) is 5.73 Å². The van der Waals surface area contributed by atoms with Crippen LogP contribution in [-0.2, 0) is 9.53 Å². The molecule has 0 radical (unpaired) electrons.